The molecule has 2 aromatic rings. The summed E-state index contributed by atoms with van der Waals surface area (Å²) >= 11 is 5.75. The fraction of sp³-hybridized carbons (Fsp3) is 0.154. The summed E-state index contributed by atoms with van der Waals surface area (Å²) in [5, 5.41) is 15.8. The largest absolute Gasteiger partial charge is 0.478 e. The third-order valence-corrected chi connectivity index (χ3v) is 3.07. The van der Waals surface area contributed by atoms with Gasteiger partial charge in [-0.1, -0.05) is 11.6 Å². The molecule has 2 rings (SSSR count). The van der Waals surface area contributed by atoms with Gasteiger partial charge in [-0.25, -0.2) is 4.79 Å². The first kappa shape index (κ1) is 15.0. The zero-order valence-electron chi connectivity index (χ0n) is 11.1. The van der Waals surface area contributed by atoms with Gasteiger partial charge >= 0.3 is 5.97 Å². The number of nitrogens with two attached hydrogens (primary N) is 1. The summed E-state index contributed by atoms with van der Waals surface area (Å²) < 4.78 is 1.52. The highest BCUT2D eigenvalue weighted by molar-refractivity contribution is 6.31. The van der Waals surface area contributed by atoms with Crippen LogP contribution in [0, 0.1) is 0 Å². The summed E-state index contributed by atoms with van der Waals surface area (Å²) in [7, 11) is 1.70. The number of benzene rings is 1. The van der Waals surface area contributed by atoms with E-state index < -0.39 is 17.9 Å². The zero-order valence-corrected chi connectivity index (χ0v) is 11.8. The van der Waals surface area contributed by atoms with Gasteiger partial charge < -0.3 is 16.2 Å². The van der Waals surface area contributed by atoms with Crippen molar-refractivity contribution >= 4 is 29.2 Å². The Labute approximate surface area is 125 Å². The highest BCUT2D eigenvalue weighted by Crippen LogP contribution is 2.22. The number of nitrogens with zero attached hydrogens (tertiary/aromatic N) is 2. The van der Waals surface area contributed by atoms with Gasteiger partial charge in [0.2, 0.25) is 5.91 Å². The first-order chi connectivity index (χ1) is 9.88. The zero-order chi connectivity index (χ0) is 15.6. The van der Waals surface area contributed by atoms with E-state index in [1.54, 1.807) is 13.2 Å². The number of aromatic nitrogens is 2. The van der Waals surface area contributed by atoms with Crippen molar-refractivity contribution in [1.29, 1.82) is 0 Å². The summed E-state index contributed by atoms with van der Waals surface area (Å²) in [6, 6.07) is 3.21. The average molecular weight is 309 g/mol. The molecule has 0 aliphatic carbocycles. The number of hydrogen-bond acceptors (Lipinski definition) is 4. The minimum absolute atomic E-state index is 0.103. The van der Waals surface area contributed by atoms with Crippen molar-refractivity contribution < 1.29 is 14.7 Å². The van der Waals surface area contributed by atoms with E-state index in [0.717, 1.165) is 0 Å². The lowest BCUT2D eigenvalue weighted by Gasteiger charge is -2.12. The summed E-state index contributed by atoms with van der Waals surface area (Å²) in [6.45, 7) is 0. The second-order valence-electron chi connectivity index (χ2n) is 4.41. The number of anilines is 1. The molecular formula is C13H13ClN4O3. The van der Waals surface area contributed by atoms with E-state index in [1.165, 1.54) is 29.1 Å². The number of aromatic carboxylic acids is 1. The fourth-order valence-electron chi connectivity index (χ4n) is 1.77. The van der Waals surface area contributed by atoms with Crippen LogP contribution in [0.4, 0.5) is 5.69 Å². The number of carbonyl (C=O) groups is 2. The second-order valence-corrected chi connectivity index (χ2v) is 4.85. The molecule has 110 valence electrons. The van der Waals surface area contributed by atoms with Crippen LogP contribution in [0.2, 0.25) is 5.02 Å². The Balaban J connectivity index is 2.22. The van der Waals surface area contributed by atoms with E-state index >= 15 is 0 Å². The smallest absolute Gasteiger partial charge is 0.337 e. The second kappa shape index (κ2) is 5.94. The van der Waals surface area contributed by atoms with Crippen LogP contribution >= 0.6 is 11.6 Å². The number of hydrogen-bond donors (Lipinski definition) is 3. The van der Waals surface area contributed by atoms with E-state index in [2.05, 4.69) is 10.4 Å². The third-order valence-electron chi connectivity index (χ3n) is 2.84. The van der Waals surface area contributed by atoms with Gasteiger partial charge in [-0.3, -0.25) is 9.48 Å². The van der Waals surface area contributed by atoms with Gasteiger partial charge in [-0.15, -0.1) is 0 Å². The molecular weight excluding hydrogens is 296 g/mol. The molecule has 0 aliphatic rings. The molecule has 0 saturated carbocycles. The quantitative estimate of drug-likeness (QED) is 0.791. The number of carbonyl (C=O) groups excluding carboxylic acids is 1. The molecule has 1 atom stereocenters. The van der Waals surface area contributed by atoms with E-state index in [4.69, 9.17) is 22.4 Å². The summed E-state index contributed by atoms with van der Waals surface area (Å²) in [5.41, 5.74) is 6.38. The van der Waals surface area contributed by atoms with Gasteiger partial charge in [-0.05, 0) is 18.2 Å². The molecule has 7 nitrogen and oxygen atoms in total. The number of halogens is 1. The number of aryl methyl sites for hydroxylation is 1. The minimum atomic E-state index is -1.19. The van der Waals surface area contributed by atoms with Crippen LogP contribution in [0.5, 0.6) is 0 Å². The SMILES string of the molecule is Cn1cc(C(N)C(=O)Nc2ccc(Cl)cc2C(=O)O)cn1. The molecule has 4 N–H and O–H groups in total. The normalized spacial score (nSPS) is 12.0. The lowest BCUT2D eigenvalue weighted by Crippen LogP contribution is -2.28. The van der Waals surface area contributed by atoms with Crippen molar-refractivity contribution in [2.45, 2.75) is 6.04 Å². The van der Waals surface area contributed by atoms with Crippen LogP contribution < -0.4 is 11.1 Å². The average Bonchev–Trinajstić information content (AvgIpc) is 2.86. The summed E-state index contributed by atoms with van der Waals surface area (Å²) in [5.74, 6) is -1.73. The maximum Gasteiger partial charge on any atom is 0.337 e. The first-order valence-electron chi connectivity index (χ1n) is 5.96. The van der Waals surface area contributed by atoms with Crippen molar-refractivity contribution in [2.75, 3.05) is 5.32 Å². The Hall–Kier alpha value is -2.38. The van der Waals surface area contributed by atoms with Gasteiger partial charge in [0.25, 0.3) is 0 Å². The Morgan fingerprint density at radius 2 is 2.19 bits per heavy atom. The van der Waals surface area contributed by atoms with Crippen molar-refractivity contribution in [3.63, 3.8) is 0 Å². The predicted molar refractivity (Wildman–Crippen MR) is 77.2 cm³/mol. The first-order valence-corrected chi connectivity index (χ1v) is 6.34. The molecule has 1 amide bonds. The van der Waals surface area contributed by atoms with Gasteiger partial charge in [0.1, 0.15) is 6.04 Å². The highest BCUT2D eigenvalue weighted by atomic mass is 35.5. The van der Waals surface area contributed by atoms with Crippen LogP contribution in [-0.2, 0) is 11.8 Å². The van der Waals surface area contributed by atoms with E-state index in [9.17, 15) is 9.59 Å². The number of carboxylic acids is 1. The van der Waals surface area contributed by atoms with E-state index in [0.29, 0.717) is 5.56 Å². The van der Waals surface area contributed by atoms with Gasteiger partial charge in [0, 0.05) is 23.8 Å². The maximum atomic E-state index is 12.1. The van der Waals surface area contributed by atoms with E-state index in [-0.39, 0.29) is 16.3 Å². The fourth-order valence-corrected chi connectivity index (χ4v) is 1.94. The number of carboxylic acid groups (broad SMARTS) is 1. The van der Waals surface area contributed by atoms with Crippen LogP contribution in [0.3, 0.4) is 0 Å². The van der Waals surface area contributed by atoms with Gasteiger partial charge in [0.15, 0.2) is 0 Å². The van der Waals surface area contributed by atoms with Crippen LogP contribution in [0.1, 0.15) is 22.0 Å². The summed E-state index contributed by atoms with van der Waals surface area (Å²) in [4.78, 5) is 23.2. The van der Waals surface area contributed by atoms with Gasteiger partial charge in [-0.2, -0.15) is 5.10 Å². The molecule has 0 saturated heterocycles. The lowest BCUT2D eigenvalue weighted by atomic mass is 10.1. The molecule has 1 heterocycles. The van der Waals surface area contributed by atoms with Crippen molar-refractivity contribution in [1.82, 2.24) is 9.78 Å². The van der Waals surface area contributed by atoms with Crippen molar-refractivity contribution in [2.24, 2.45) is 12.8 Å². The molecule has 1 unspecified atom stereocenters. The van der Waals surface area contributed by atoms with Crippen LogP contribution in [0.25, 0.3) is 0 Å². The Morgan fingerprint density at radius 1 is 1.48 bits per heavy atom. The van der Waals surface area contributed by atoms with Gasteiger partial charge in [0.05, 0.1) is 17.4 Å². The standard InChI is InChI=1S/C13H13ClN4O3/c1-18-6-7(5-16-18)11(15)12(19)17-10-3-2-8(14)4-9(10)13(20)21/h2-6,11H,15H2,1H3,(H,17,19)(H,20,21). The highest BCUT2D eigenvalue weighted by Gasteiger charge is 2.20. The maximum absolute atomic E-state index is 12.1. The van der Waals surface area contributed by atoms with E-state index in [1.807, 2.05) is 0 Å². The number of nitrogens with one attached hydrogen (secondary N) is 1. The van der Waals surface area contributed by atoms with Crippen LogP contribution in [-0.4, -0.2) is 26.8 Å². The lowest BCUT2D eigenvalue weighted by molar-refractivity contribution is -0.117. The monoisotopic (exact) mass is 308 g/mol. The molecule has 0 aliphatic heterocycles. The minimum Gasteiger partial charge on any atom is -0.478 e. The Morgan fingerprint density at radius 3 is 2.76 bits per heavy atom. The predicted octanol–water partition coefficient (Wildman–Crippen LogP) is 1.41. The summed E-state index contributed by atoms with van der Waals surface area (Å²) in [6.07, 6.45) is 3.09. The number of rotatable bonds is 4. The molecule has 0 spiro atoms. The molecule has 0 radical (unpaired) electrons. The number of amides is 1. The molecule has 0 fully saturated rings. The topological polar surface area (TPSA) is 110 Å². The van der Waals surface area contributed by atoms with Crippen LogP contribution in [0.15, 0.2) is 30.6 Å². The van der Waals surface area contributed by atoms with Crippen molar-refractivity contribution in [3.05, 3.63) is 46.7 Å². The molecule has 21 heavy (non-hydrogen) atoms. The molecule has 1 aromatic heterocycles. The third kappa shape index (κ3) is 3.39. The molecule has 8 heteroatoms. The molecule has 0 bridgehead atoms. The molecule has 1 aromatic carbocycles. The Bertz CT molecular complexity index is 698. The van der Waals surface area contributed by atoms with Crippen molar-refractivity contribution in [3.8, 4) is 0 Å². The Kier molecular flexibility index (Phi) is 4.25.